The van der Waals surface area contributed by atoms with Crippen molar-refractivity contribution >= 4 is 5.96 Å². The maximum Gasteiger partial charge on any atom is 0.194 e. The van der Waals surface area contributed by atoms with Crippen molar-refractivity contribution in [3.8, 4) is 0 Å². The van der Waals surface area contributed by atoms with Gasteiger partial charge in [0, 0.05) is 25.7 Å². The third kappa shape index (κ3) is 2.43. The fourth-order valence-corrected chi connectivity index (χ4v) is 2.55. The number of nitrogens with one attached hydrogen (secondary N) is 2. The van der Waals surface area contributed by atoms with Crippen LogP contribution in [-0.2, 0) is 0 Å². The van der Waals surface area contributed by atoms with E-state index in [1.165, 1.54) is 25.7 Å². The Morgan fingerprint density at radius 1 is 1.33 bits per heavy atom. The van der Waals surface area contributed by atoms with E-state index in [4.69, 9.17) is 0 Å². The molecule has 0 aromatic rings. The van der Waals surface area contributed by atoms with Gasteiger partial charge in [-0.3, -0.25) is 4.99 Å². The lowest BCUT2D eigenvalue weighted by atomic mass is 9.90. The summed E-state index contributed by atoms with van der Waals surface area (Å²) < 4.78 is 0. The Morgan fingerprint density at radius 2 is 2.07 bits per heavy atom. The molecular formula is C11H22N4. The first-order chi connectivity index (χ1) is 7.31. The largest absolute Gasteiger partial charge is 0.354 e. The van der Waals surface area contributed by atoms with Crippen LogP contribution in [0.15, 0.2) is 4.99 Å². The molecule has 86 valence electrons. The molecule has 0 atom stereocenters. The Morgan fingerprint density at radius 3 is 2.60 bits per heavy atom. The van der Waals surface area contributed by atoms with Crippen molar-refractivity contribution < 1.29 is 0 Å². The lowest BCUT2D eigenvalue weighted by molar-refractivity contribution is 0.244. The van der Waals surface area contributed by atoms with E-state index in [0.717, 1.165) is 25.1 Å². The summed E-state index contributed by atoms with van der Waals surface area (Å²) in [4.78, 5) is 6.80. The zero-order chi connectivity index (χ0) is 10.7. The molecule has 0 aromatic carbocycles. The Balaban J connectivity index is 1.84. The highest BCUT2D eigenvalue weighted by molar-refractivity contribution is 5.81. The highest BCUT2D eigenvalue weighted by atomic mass is 15.3. The summed E-state index contributed by atoms with van der Waals surface area (Å²) >= 11 is 0. The molecule has 1 saturated carbocycles. The molecule has 0 bridgehead atoms. The maximum absolute atomic E-state index is 4.47. The van der Waals surface area contributed by atoms with Crippen molar-refractivity contribution in [3.63, 3.8) is 0 Å². The predicted octanol–water partition coefficient (Wildman–Crippen LogP) is 0.408. The van der Waals surface area contributed by atoms with E-state index >= 15 is 0 Å². The first-order valence-corrected chi connectivity index (χ1v) is 5.99. The average Bonchev–Trinajstić information content (AvgIpc) is 2.82. The van der Waals surface area contributed by atoms with Crippen LogP contribution in [0.4, 0.5) is 0 Å². The molecule has 2 aliphatic rings. The van der Waals surface area contributed by atoms with Gasteiger partial charge in [-0.2, -0.15) is 0 Å². The standard InChI is InChI=1S/C11H22N4/c1-12-9-3-5-10(6-4-9)15(2)11-13-7-8-14-11/h9-10,12H,3-8H2,1-2H3,(H,13,14). The summed E-state index contributed by atoms with van der Waals surface area (Å²) in [6, 6.07) is 1.41. The van der Waals surface area contributed by atoms with Gasteiger partial charge in [0.15, 0.2) is 5.96 Å². The first kappa shape index (κ1) is 10.7. The van der Waals surface area contributed by atoms with Gasteiger partial charge in [0.25, 0.3) is 0 Å². The minimum Gasteiger partial charge on any atom is -0.354 e. The third-order valence-corrected chi connectivity index (χ3v) is 3.64. The molecule has 2 rings (SSSR count). The van der Waals surface area contributed by atoms with E-state index in [0.29, 0.717) is 6.04 Å². The second-order valence-corrected chi connectivity index (χ2v) is 4.54. The monoisotopic (exact) mass is 210 g/mol. The maximum atomic E-state index is 4.47. The van der Waals surface area contributed by atoms with Crippen molar-refractivity contribution in [3.05, 3.63) is 0 Å². The zero-order valence-corrected chi connectivity index (χ0v) is 9.79. The van der Waals surface area contributed by atoms with Gasteiger partial charge < -0.3 is 15.5 Å². The minimum absolute atomic E-state index is 0.680. The quantitative estimate of drug-likeness (QED) is 0.693. The van der Waals surface area contributed by atoms with E-state index in [1.807, 2.05) is 0 Å². The van der Waals surface area contributed by atoms with Crippen molar-refractivity contribution in [2.75, 3.05) is 27.2 Å². The van der Waals surface area contributed by atoms with Crippen LogP contribution in [0, 0.1) is 0 Å². The lowest BCUT2D eigenvalue weighted by Gasteiger charge is -2.35. The van der Waals surface area contributed by atoms with E-state index in [9.17, 15) is 0 Å². The molecule has 1 aliphatic heterocycles. The minimum atomic E-state index is 0.680. The van der Waals surface area contributed by atoms with E-state index in [1.54, 1.807) is 0 Å². The molecular weight excluding hydrogens is 188 g/mol. The van der Waals surface area contributed by atoms with Crippen LogP contribution in [-0.4, -0.2) is 50.1 Å². The summed E-state index contributed by atoms with van der Waals surface area (Å²) in [6.07, 6.45) is 5.14. The van der Waals surface area contributed by atoms with Crippen LogP contribution in [0.1, 0.15) is 25.7 Å². The second-order valence-electron chi connectivity index (χ2n) is 4.54. The molecule has 0 unspecified atom stereocenters. The summed E-state index contributed by atoms with van der Waals surface area (Å²) in [5.74, 6) is 1.10. The summed E-state index contributed by atoms with van der Waals surface area (Å²) in [5, 5.41) is 6.71. The van der Waals surface area contributed by atoms with Gasteiger partial charge in [-0.1, -0.05) is 0 Å². The SMILES string of the molecule is CNC1CCC(N(C)C2=NCCN2)CC1. The van der Waals surface area contributed by atoms with Crippen LogP contribution in [0.2, 0.25) is 0 Å². The molecule has 2 N–H and O–H groups in total. The Bertz CT molecular complexity index is 231. The second kappa shape index (κ2) is 4.84. The number of nitrogens with zero attached hydrogens (tertiary/aromatic N) is 2. The number of hydrogen-bond acceptors (Lipinski definition) is 4. The number of aliphatic imine (C=N–C) groups is 1. The lowest BCUT2D eigenvalue weighted by Crippen LogP contribution is -2.46. The van der Waals surface area contributed by atoms with Crippen molar-refractivity contribution in [1.29, 1.82) is 0 Å². The van der Waals surface area contributed by atoms with Crippen LogP contribution in [0.25, 0.3) is 0 Å². The van der Waals surface area contributed by atoms with Crippen molar-refractivity contribution in [1.82, 2.24) is 15.5 Å². The number of hydrogen-bond donors (Lipinski definition) is 2. The van der Waals surface area contributed by atoms with Crippen molar-refractivity contribution in [2.24, 2.45) is 4.99 Å². The van der Waals surface area contributed by atoms with Crippen LogP contribution >= 0.6 is 0 Å². The topological polar surface area (TPSA) is 39.7 Å². The Labute approximate surface area is 92.1 Å². The molecule has 1 fully saturated rings. The van der Waals surface area contributed by atoms with Gasteiger partial charge in [0.1, 0.15) is 0 Å². The van der Waals surface area contributed by atoms with Gasteiger partial charge in [0.05, 0.1) is 6.54 Å². The molecule has 1 aliphatic carbocycles. The number of rotatable bonds is 2. The average molecular weight is 210 g/mol. The van der Waals surface area contributed by atoms with Crippen LogP contribution < -0.4 is 10.6 Å². The van der Waals surface area contributed by atoms with Gasteiger partial charge in [-0.25, -0.2) is 0 Å². The highest BCUT2D eigenvalue weighted by Gasteiger charge is 2.25. The summed E-state index contributed by atoms with van der Waals surface area (Å²) in [6.45, 7) is 1.94. The highest BCUT2D eigenvalue weighted by Crippen LogP contribution is 2.22. The Hall–Kier alpha value is -0.770. The fraction of sp³-hybridized carbons (Fsp3) is 0.909. The molecule has 0 radical (unpaired) electrons. The summed E-state index contributed by atoms with van der Waals surface area (Å²) in [7, 11) is 4.23. The first-order valence-electron chi connectivity index (χ1n) is 5.99. The van der Waals surface area contributed by atoms with E-state index in [2.05, 4.69) is 34.6 Å². The smallest absolute Gasteiger partial charge is 0.194 e. The third-order valence-electron chi connectivity index (χ3n) is 3.64. The van der Waals surface area contributed by atoms with Gasteiger partial charge in [0.2, 0.25) is 0 Å². The molecule has 0 amide bonds. The zero-order valence-electron chi connectivity index (χ0n) is 9.79. The molecule has 15 heavy (non-hydrogen) atoms. The summed E-state index contributed by atoms with van der Waals surface area (Å²) in [5.41, 5.74) is 0. The Kier molecular flexibility index (Phi) is 3.46. The van der Waals surface area contributed by atoms with Gasteiger partial charge >= 0.3 is 0 Å². The molecule has 0 spiro atoms. The van der Waals surface area contributed by atoms with E-state index in [-0.39, 0.29) is 0 Å². The van der Waals surface area contributed by atoms with Crippen LogP contribution in [0.5, 0.6) is 0 Å². The van der Waals surface area contributed by atoms with Crippen LogP contribution in [0.3, 0.4) is 0 Å². The van der Waals surface area contributed by atoms with E-state index < -0.39 is 0 Å². The number of guanidine groups is 1. The van der Waals surface area contributed by atoms with Crippen molar-refractivity contribution in [2.45, 2.75) is 37.8 Å². The molecule has 0 aromatic heterocycles. The molecule has 1 heterocycles. The molecule has 4 nitrogen and oxygen atoms in total. The fourth-order valence-electron chi connectivity index (χ4n) is 2.55. The van der Waals surface area contributed by atoms with Gasteiger partial charge in [-0.15, -0.1) is 0 Å². The molecule has 4 heteroatoms. The predicted molar refractivity (Wildman–Crippen MR) is 63.2 cm³/mol. The van der Waals surface area contributed by atoms with Gasteiger partial charge in [-0.05, 0) is 32.7 Å². The molecule has 0 saturated heterocycles. The normalized spacial score (nSPS) is 30.9.